The molecule has 1 aliphatic rings. The molecule has 0 saturated heterocycles. The highest BCUT2D eigenvalue weighted by Crippen LogP contribution is 2.19. The van der Waals surface area contributed by atoms with Crippen molar-refractivity contribution in [2.45, 2.75) is 4.90 Å². The number of ether oxygens (including phenoxy) is 1. The van der Waals surface area contributed by atoms with Crippen LogP contribution >= 0.6 is 11.6 Å². The topological polar surface area (TPSA) is 72.8 Å². The highest BCUT2D eigenvalue weighted by Gasteiger charge is 2.16. The lowest BCUT2D eigenvalue weighted by atomic mass is 10.2. The van der Waals surface area contributed by atoms with E-state index in [0.717, 1.165) is 0 Å². The van der Waals surface area contributed by atoms with E-state index < -0.39 is 10.0 Å². The van der Waals surface area contributed by atoms with Gasteiger partial charge in [0.25, 0.3) is 10.0 Å². The summed E-state index contributed by atoms with van der Waals surface area (Å²) in [5.41, 5.74) is 0.102. The fourth-order valence-corrected chi connectivity index (χ4v) is 2.64. The molecule has 0 spiro atoms. The van der Waals surface area contributed by atoms with E-state index >= 15 is 0 Å². The maximum absolute atomic E-state index is 12.1. The van der Waals surface area contributed by atoms with Crippen molar-refractivity contribution in [1.29, 1.82) is 0 Å². The number of nitrogens with zero attached hydrogens (tertiary/aromatic N) is 1. The molecule has 1 aromatic carbocycles. The summed E-state index contributed by atoms with van der Waals surface area (Å²) in [6.45, 7) is 0. The summed E-state index contributed by atoms with van der Waals surface area (Å²) in [6.07, 6.45) is 3.69. The average Bonchev–Trinajstić information content (AvgIpc) is 2.43. The Hall–Kier alpha value is -1.92. The SMILES string of the molecule is COc1ccc(S(=O)(=O)/N=C2\C=CC(=O)C(Cl)=C2)cc1. The Morgan fingerprint density at radius 2 is 1.80 bits per heavy atom. The van der Waals surface area contributed by atoms with Crippen LogP contribution in [-0.2, 0) is 14.8 Å². The van der Waals surface area contributed by atoms with E-state index in [9.17, 15) is 13.2 Å². The van der Waals surface area contributed by atoms with Gasteiger partial charge in [0.1, 0.15) is 5.75 Å². The number of allylic oxidation sites excluding steroid dienone is 4. The lowest BCUT2D eigenvalue weighted by Crippen LogP contribution is -2.07. The number of carbonyl (C=O) groups is 1. The summed E-state index contributed by atoms with van der Waals surface area (Å²) in [7, 11) is -2.37. The van der Waals surface area contributed by atoms with Gasteiger partial charge in [0.15, 0.2) is 5.78 Å². The molecule has 0 N–H and O–H groups in total. The molecule has 104 valence electrons. The molecule has 0 saturated carbocycles. The van der Waals surface area contributed by atoms with E-state index in [1.807, 2.05) is 0 Å². The van der Waals surface area contributed by atoms with Gasteiger partial charge in [-0.05, 0) is 42.5 Å². The van der Waals surface area contributed by atoms with Crippen molar-refractivity contribution in [3.05, 3.63) is 47.5 Å². The zero-order chi connectivity index (χ0) is 14.8. The molecule has 0 radical (unpaired) electrons. The minimum Gasteiger partial charge on any atom is -0.497 e. The third-order valence-electron chi connectivity index (χ3n) is 2.50. The first kappa shape index (κ1) is 14.5. The number of ketones is 1. The van der Waals surface area contributed by atoms with Gasteiger partial charge in [0.2, 0.25) is 0 Å². The number of hydrogen-bond acceptors (Lipinski definition) is 4. The Morgan fingerprint density at radius 1 is 1.15 bits per heavy atom. The molecule has 0 amide bonds. The number of methoxy groups -OCH3 is 1. The molecule has 20 heavy (non-hydrogen) atoms. The van der Waals surface area contributed by atoms with E-state index in [0.29, 0.717) is 5.75 Å². The minimum absolute atomic E-state index is 0.0284. The van der Waals surface area contributed by atoms with Crippen LogP contribution in [0.4, 0.5) is 0 Å². The highest BCUT2D eigenvalue weighted by molar-refractivity contribution is 7.90. The van der Waals surface area contributed by atoms with Crippen molar-refractivity contribution in [3.63, 3.8) is 0 Å². The maximum Gasteiger partial charge on any atom is 0.282 e. The van der Waals surface area contributed by atoms with Crippen LogP contribution < -0.4 is 4.74 Å². The predicted octanol–water partition coefficient (Wildman–Crippen LogP) is 2.09. The first-order valence-corrected chi connectivity index (χ1v) is 7.33. The molecule has 0 unspecified atom stereocenters. The molecule has 0 fully saturated rings. The summed E-state index contributed by atoms with van der Waals surface area (Å²) in [4.78, 5) is 11.2. The molecule has 5 nitrogen and oxygen atoms in total. The fraction of sp³-hybridized carbons (Fsp3) is 0.0769. The van der Waals surface area contributed by atoms with Crippen LogP contribution in [-0.4, -0.2) is 27.0 Å². The Bertz CT molecular complexity index is 730. The van der Waals surface area contributed by atoms with Crippen LogP contribution in [0.15, 0.2) is 56.8 Å². The Balaban J connectivity index is 2.36. The Morgan fingerprint density at radius 3 is 2.35 bits per heavy atom. The van der Waals surface area contributed by atoms with Crippen molar-refractivity contribution in [2.75, 3.05) is 7.11 Å². The van der Waals surface area contributed by atoms with Gasteiger partial charge in [-0.3, -0.25) is 4.79 Å². The number of halogens is 1. The largest absolute Gasteiger partial charge is 0.497 e. The third-order valence-corrected chi connectivity index (χ3v) is 4.11. The summed E-state index contributed by atoms with van der Waals surface area (Å²) >= 11 is 5.64. The maximum atomic E-state index is 12.1. The minimum atomic E-state index is -3.86. The van der Waals surface area contributed by atoms with Crippen LogP contribution in [0, 0.1) is 0 Å². The molecule has 0 aromatic heterocycles. The van der Waals surface area contributed by atoms with Crippen LogP contribution in [0.5, 0.6) is 5.75 Å². The first-order valence-electron chi connectivity index (χ1n) is 5.51. The first-order chi connectivity index (χ1) is 9.42. The Labute approximate surface area is 121 Å². The van der Waals surface area contributed by atoms with Gasteiger partial charge >= 0.3 is 0 Å². The zero-order valence-electron chi connectivity index (χ0n) is 10.4. The van der Waals surface area contributed by atoms with E-state index in [1.54, 1.807) is 0 Å². The second kappa shape index (κ2) is 5.60. The molecular formula is C13H10ClNO4S. The number of rotatable bonds is 3. The second-order valence-corrected chi connectivity index (χ2v) is 5.87. The molecule has 0 heterocycles. The molecule has 0 bridgehead atoms. The van der Waals surface area contributed by atoms with E-state index in [-0.39, 0.29) is 21.4 Å². The van der Waals surface area contributed by atoms with Crippen LogP contribution in [0.25, 0.3) is 0 Å². The summed E-state index contributed by atoms with van der Waals surface area (Å²) < 4.78 is 32.7. The monoisotopic (exact) mass is 311 g/mol. The lowest BCUT2D eigenvalue weighted by molar-refractivity contribution is -0.110. The average molecular weight is 312 g/mol. The van der Waals surface area contributed by atoms with E-state index in [2.05, 4.69) is 4.40 Å². The molecular weight excluding hydrogens is 302 g/mol. The van der Waals surface area contributed by atoms with Crippen molar-refractivity contribution >= 4 is 33.1 Å². The van der Waals surface area contributed by atoms with Crippen LogP contribution in [0.1, 0.15) is 0 Å². The van der Waals surface area contributed by atoms with Gasteiger partial charge in [0.05, 0.1) is 22.7 Å². The van der Waals surface area contributed by atoms with Gasteiger partial charge < -0.3 is 4.74 Å². The van der Waals surface area contributed by atoms with Gasteiger partial charge in [-0.25, -0.2) is 0 Å². The molecule has 0 atom stereocenters. The van der Waals surface area contributed by atoms with Gasteiger partial charge in [-0.15, -0.1) is 0 Å². The normalized spacial score (nSPS) is 17.2. The number of benzene rings is 1. The van der Waals surface area contributed by atoms with Gasteiger partial charge in [-0.2, -0.15) is 12.8 Å². The summed E-state index contributed by atoms with van der Waals surface area (Å²) in [5.74, 6) is 0.162. The molecule has 0 aliphatic heterocycles. The van der Waals surface area contributed by atoms with Crippen LogP contribution in [0.2, 0.25) is 0 Å². The smallest absolute Gasteiger partial charge is 0.282 e. The van der Waals surface area contributed by atoms with Crippen LogP contribution in [0.3, 0.4) is 0 Å². The van der Waals surface area contributed by atoms with Crippen molar-refractivity contribution in [3.8, 4) is 5.75 Å². The lowest BCUT2D eigenvalue weighted by Gasteiger charge is -2.04. The zero-order valence-corrected chi connectivity index (χ0v) is 12.0. The van der Waals surface area contributed by atoms with Crippen molar-refractivity contribution in [1.82, 2.24) is 0 Å². The third kappa shape index (κ3) is 3.15. The molecule has 7 heteroatoms. The Kier molecular flexibility index (Phi) is 4.06. The van der Waals surface area contributed by atoms with E-state index in [4.69, 9.17) is 16.3 Å². The summed E-state index contributed by atoms with van der Waals surface area (Å²) in [6, 6.07) is 5.83. The number of carbonyl (C=O) groups excluding carboxylic acids is 1. The summed E-state index contributed by atoms with van der Waals surface area (Å²) in [5, 5.41) is -0.0730. The predicted molar refractivity (Wildman–Crippen MR) is 75.7 cm³/mol. The number of sulfonamides is 1. The van der Waals surface area contributed by atoms with Crippen molar-refractivity contribution < 1.29 is 17.9 Å². The fourth-order valence-electron chi connectivity index (χ4n) is 1.49. The van der Waals surface area contributed by atoms with Gasteiger partial charge in [-0.1, -0.05) is 11.6 Å². The quantitative estimate of drug-likeness (QED) is 0.801. The molecule has 2 rings (SSSR count). The van der Waals surface area contributed by atoms with E-state index in [1.165, 1.54) is 49.6 Å². The highest BCUT2D eigenvalue weighted by atomic mass is 35.5. The number of hydrogen-bond donors (Lipinski definition) is 0. The molecule has 1 aromatic rings. The second-order valence-electron chi connectivity index (χ2n) is 3.86. The van der Waals surface area contributed by atoms with Crippen molar-refractivity contribution in [2.24, 2.45) is 4.40 Å². The molecule has 1 aliphatic carbocycles. The van der Waals surface area contributed by atoms with Gasteiger partial charge in [0, 0.05) is 0 Å². The standard InChI is InChI=1S/C13H10ClNO4S/c1-19-10-3-5-11(6-4-10)20(17,18)15-9-2-7-13(16)12(14)8-9/h2-8H,1H3/b15-9+.